The van der Waals surface area contributed by atoms with Crippen molar-refractivity contribution in [2.75, 3.05) is 0 Å². The SMILES string of the molecule is CCC(C)(C)C(=O)OC12CC3CC(CC1(O)C3)C2. The van der Waals surface area contributed by atoms with Crippen LogP contribution in [0.2, 0.25) is 0 Å². The third-order valence-corrected chi connectivity index (χ3v) is 5.73. The highest BCUT2D eigenvalue weighted by molar-refractivity contribution is 5.76. The molecule has 4 fully saturated rings. The van der Waals surface area contributed by atoms with Crippen LogP contribution in [0.5, 0.6) is 0 Å². The zero-order valence-corrected chi connectivity index (χ0v) is 11.7. The van der Waals surface area contributed by atoms with E-state index in [-0.39, 0.29) is 5.97 Å². The lowest BCUT2D eigenvalue weighted by atomic mass is 9.81. The van der Waals surface area contributed by atoms with E-state index in [1.807, 2.05) is 20.8 Å². The van der Waals surface area contributed by atoms with Gasteiger partial charge in [-0.3, -0.25) is 4.79 Å². The highest BCUT2D eigenvalue weighted by Gasteiger charge is 2.69. The van der Waals surface area contributed by atoms with Crippen LogP contribution < -0.4 is 0 Å². The Balaban J connectivity index is 1.83. The molecule has 0 aliphatic heterocycles. The van der Waals surface area contributed by atoms with Crippen LogP contribution >= 0.6 is 0 Å². The summed E-state index contributed by atoms with van der Waals surface area (Å²) in [5, 5.41) is 10.8. The molecule has 3 nitrogen and oxygen atoms in total. The standard InChI is InChI=1S/C15H24O3/c1-4-13(2,3)12(16)18-15-8-10-5-11(9-15)7-14(15,17)6-10/h10-11,17H,4-9H2,1-3H3. The Morgan fingerprint density at radius 3 is 2.33 bits per heavy atom. The van der Waals surface area contributed by atoms with Crippen LogP contribution in [0.25, 0.3) is 0 Å². The minimum absolute atomic E-state index is 0.133. The molecule has 4 aliphatic rings. The average Bonchev–Trinajstić information content (AvgIpc) is 2.56. The monoisotopic (exact) mass is 252 g/mol. The van der Waals surface area contributed by atoms with E-state index in [4.69, 9.17) is 4.74 Å². The second kappa shape index (κ2) is 3.50. The molecule has 0 radical (unpaired) electrons. The number of hydrogen-bond donors (Lipinski definition) is 1. The lowest BCUT2D eigenvalue weighted by Crippen LogP contribution is -2.50. The molecule has 2 atom stereocenters. The van der Waals surface area contributed by atoms with Crippen molar-refractivity contribution < 1.29 is 14.6 Å². The second-order valence-electron chi connectivity index (χ2n) is 7.44. The van der Waals surface area contributed by atoms with Crippen LogP contribution in [0.1, 0.15) is 59.3 Å². The Morgan fingerprint density at radius 2 is 1.83 bits per heavy atom. The van der Waals surface area contributed by atoms with Crippen LogP contribution in [-0.4, -0.2) is 22.3 Å². The summed E-state index contributed by atoms with van der Waals surface area (Å²) in [5.41, 5.74) is -1.71. The quantitative estimate of drug-likeness (QED) is 0.785. The number of ether oxygens (including phenoxy) is 1. The minimum Gasteiger partial charge on any atom is -0.456 e. The van der Waals surface area contributed by atoms with Gasteiger partial charge in [0.25, 0.3) is 0 Å². The molecule has 102 valence electrons. The first-order valence-electron chi connectivity index (χ1n) is 7.26. The van der Waals surface area contributed by atoms with Crippen LogP contribution in [0, 0.1) is 17.3 Å². The molecule has 0 amide bonds. The van der Waals surface area contributed by atoms with Gasteiger partial charge in [0.05, 0.1) is 5.41 Å². The number of rotatable bonds is 3. The van der Waals surface area contributed by atoms with E-state index in [2.05, 4.69) is 0 Å². The molecule has 4 rings (SSSR count). The van der Waals surface area contributed by atoms with Gasteiger partial charge in [-0.05, 0) is 64.2 Å². The van der Waals surface area contributed by atoms with Crippen LogP contribution in [0.3, 0.4) is 0 Å². The summed E-state index contributed by atoms with van der Waals surface area (Å²) in [7, 11) is 0. The van der Waals surface area contributed by atoms with Gasteiger partial charge >= 0.3 is 5.97 Å². The number of carbonyl (C=O) groups is 1. The van der Waals surface area contributed by atoms with Crippen LogP contribution in [0.4, 0.5) is 0 Å². The van der Waals surface area contributed by atoms with Gasteiger partial charge in [-0.15, -0.1) is 0 Å². The maximum absolute atomic E-state index is 12.3. The van der Waals surface area contributed by atoms with Crippen molar-refractivity contribution in [3.63, 3.8) is 0 Å². The van der Waals surface area contributed by atoms with Crippen LogP contribution in [-0.2, 0) is 9.53 Å². The van der Waals surface area contributed by atoms with E-state index in [0.717, 1.165) is 32.1 Å². The second-order valence-corrected chi connectivity index (χ2v) is 7.44. The molecular formula is C15H24O3. The normalized spacial score (nSPS) is 45.6. The fraction of sp³-hybridized carbons (Fsp3) is 0.933. The summed E-state index contributed by atoms with van der Waals surface area (Å²) in [6.45, 7) is 5.86. The molecule has 4 saturated carbocycles. The molecule has 1 N–H and O–H groups in total. The largest absolute Gasteiger partial charge is 0.456 e. The first-order chi connectivity index (χ1) is 8.30. The molecule has 0 aromatic heterocycles. The van der Waals surface area contributed by atoms with E-state index < -0.39 is 16.6 Å². The van der Waals surface area contributed by atoms with Gasteiger partial charge < -0.3 is 9.84 Å². The summed E-state index contributed by atoms with van der Waals surface area (Å²) in [4.78, 5) is 12.3. The maximum atomic E-state index is 12.3. The Hall–Kier alpha value is -0.570. The molecule has 2 unspecified atom stereocenters. The van der Waals surface area contributed by atoms with Gasteiger partial charge in [-0.25, -0.2) is 0 Å². The molecule has 4 bridgehead atoms. The molecule has 0 spiro atoms. The van der Waals surface area contributed by atoms with Crippen molar-refractivity contribution in [3.8, 4) is 0 Å². The van der Waals surface area contributed by atoms with Gasteiger partial charge in [0.15, 0.2) is 0 Å². The van der Waals surface area contributed by atoms with E-state index >= 15 is 0 Å². The topological polar surface area (TPSA) is 46.5 Å². The molecule has 18 heavy (non-hydrogen) atoms. The highest BCUT2D eigenvalue weighted by atomic mass is 16.6. The summed E-state index contributed by atoms with van der Waals surface area (Å²) in [5.74, 6) is 1.01. The average molecular weight is 252 g/mol. The van der Waals surface area contributed by atoms with Gasteiger partial charge in [0.1, 0.15) is 11.2 Å². The fourth-order valence-electron chi connectivity index (χ4n) is 4.39. The van der Waals surface area contributed by atoms with Crippen LogP contribution in [0.15, 0.2) is 0 Å². The van der Waals surface area contributed by atoms with E-state index in [0.29, 0.717) is 11.8 Å². The van der Waals surface area contributed by atoms with E-state index in [1.54, 1.807) is 0 Å². The lowest BCUT2D eigenvalue weighted by molar-refractivity contribution is -0.191. The third-order valence-electron chi connectivity index (χ3n) is 5.73. The number of carbonyl (C=O) groups excluding carboxylic acids is 1. The Labute approximate surface area is 109 Å². The number of aliphatic hydroxyl groups is 1. The smallest absolute Gasteiger partial charge is 0.312 e. The Morgan fingerprint density at radius 1 is 1.28 bits per heavy atom. The zero-order valence-electron chi connectivity index (χ0n) is 11.7. The Kier molecular flexibility index (Phi) is 2.42. The molecule has 0 aromatic rings. The van der Waals surface area contributed by atoms with Gasteiger partial charge in [-0.1, -0.05) is 6.92 Å². The van der Waals surface area contributed by atoms with Crippen molar-refractivity contribution in [2.45, 2.75) is 70.5 Å². The first kappa shape index (κ1) is 12.5. The summed E-state index contributed by atoms with van der Waals surface area (Å²) < 4.78 is 5.89. The van der Waals surface area contributed by atoms with Crippen molar-refractivity contribution in [1.82, 2.24) is 0 Å². The number of hydrogen-bond acceptors (Lipinski definition) is 3. The molecule has 4 aliphatic carbocycles. The van der Waals surface area contributed by atoms with Gasteiger partial charge in [0, 0.05) is 0 Å². The molecule has 0 aromatic carbocycles. The van der Waals surface area contributed by atoms with Gasteiger partial charge in [0.2, 0.25) is 0 Å². The first-order valence-corrected chi connectivity index (χ1v) is 7.26. The van der Waals surface area contributed by atoms with Gasteiger partial charge in [-0.2, -0.15) is 0 Å². The van der Waals surface area contributed by atoms with Crippen molar-refractivity contribution in [1.29, 1.82) is 0 Å². The zero-order chi connectivity index (χ0) is 13.2. The predicted molar refractivity (Wildman–Crippen MR) is 67.9 cm³/mol. The summed E-state index contributed by atoms with van der Waals surface area (Å²) in [6.07, 6.45) is 5.43. The van der Waals surface area contributed by atoms with Crippen molar-refractivity contribution in [2.24, 2.45) is 17.3 Å². The predicted octanol–water partition coefficient (Wildman–Crippen LogP) is 2.66. The van der Waals surface area contributed by atoms with E-state index in [9.17, 15) is 9.90 Å². The maximum Gasteiger partial charge on any atom is 0.312 e. The lowest BCUT2D eigenvalue weighted by Gasteiger charge is -2.38. The summed E-state index contributed by atoms with van der Waals surface area (Å²) >= 11 is 0. The molecule has 0 heterocycles. The van der Waals surface area contributed by atoms with Crippen molar-refractivity contribution in [3.05, 3.63) is 0 Å². The third kappa shape index (κ3) is 1.49. The minimum atomic E-state index is -0.722. The number of esters is 1. The van der Waals surface area contributed by atoms with Crippen molar-refractivity contribution >= 4 is 5.97 Å². The van der Waals surface area contributed by atoms with E-state index in [1.165, 1.54) is 6.42 Å². The molecule has 3 heteroatoms. The highest BCUT2D eigenvalue weighted by Crippen LogP contribution is 2.64. The summed E-state index contributed by atoms with van der Waals surface area (Å²) in [6, 6.07) is 0. The molecular weight excluding hydrogens is 228 g/mol. The molecule has 0 saturated heterocycles. The fourth-order valence-corrected chi connectivity index (χ4v) is 4.39. The Bertz CT molecular complexity index is 371.